The van der Waals surface area contributed by atoms with Crippen molar-refractivity contribution in [2.24, 2.45) is 0 Å². The molecule has 0 aliphatic carbocycles. The molecule has 6 heterocycles. The Morgan fingerprint density at radius 1 is 0.354 bits per heavy atom. The predicted octanol–water partition coefficient (Wildman–Crippen LogP) is 4.47. The Labute approximate surface area is 267 Å². The Hall–Kier alpha value is -7.80. The molecule has 0 fully saturated rings. The maximum atomic E-state index is 10.3. The van der Waals surface area contributed by atoms with Crippen LogP contribution in [0.1, 0.15) is 0 Å². The minimum Gasteiger partial charge on any atom is -0.254 e. The summed E-state index contributed by atoms with van der Waals surface area (Å²) in [4.78, 5) is 38.5. The van der Waals surface area contributed by atoms with Gasteiger partial charge in [0.1, 0.15) is 57.5 Å². The van der Waals surface area contributed by atoms with Crippen LogP contribution in [-0.4, -0.2) is 39.9 Å². The van der Waals surface area contributed by atoms with Gasteiger partial charge in [0.05, 0.1) is 54.6 Å². The third-order valence-electron chi connectivity index (χ3n) is 8.39. The van der Waals surface area contributed by atoms with Gasteiger partial charge in [-0.3, -0.25) is 19.9 Å². The van der Waals surface area contributed by atoms with Gasteiger partial charge in [0.25, 0.3) is 0 Å². The highest BCUT2D eigenvalue weighted by Crippen LogP contribution is 2.33. The monoisotopic (exact) mass is 612 g/mol. The molecule has 3 aromatic carbocycles. The summed E-state index contributed by atoms with van der Waals surface area (Å²) in [6.45, 7) is 0. The maximum Gasteiger partial charge on any atom is 0.141 e. The molecule has 6 aromatic heterocycles. The fourth-order valence-electron chi connectivity index (χ4n) is 6.43. The lowest BCUT2D eigenvalue weighted by atomic mass is 10.0. The molecule has 0 radical (unpaired) electrons. The van der Waals surface area contributed by atoms with Gasteiger partial charge in [-0.2, -0.15) is 21.0 Å². The highest BCUT2D eigenvalue weighted by atomic mass is 14.9. The normalized spacial score (nSPS) is 11.2. The number of benzene rings is 3. The van der Waals surface area contributed by atoms with E-state index in [4.69, 9.17) is 19.9 Å². The second kappa shape index (κ2) is 9.85. The van der Waals surface area contributed by atoms with Crippen LogP contribution >= 0.6 is 0 Å². The summed E-state index contributed by atoms with van der Waals surface area (Å²) in [5.41, 5.74) is 3.96. The Morgan fingerprint density at radius 2 is 0.604 bits per heavy atom. The average Bonchev–Trinajstić information content (AvgIpc) is 3.15. The van der Waals surface area contributed by atoms with E-state index in [1.165, 1.54) is 0 Å². The summed E-state index contributed by atoms with van der Waals surface area (Å²) in [6.07, 6.45) is 6.63. The number of nitrogens with zero attached hydrogens (tertiary/aromatic N) is 12. The maximum absolute atomic E-state index is 10.3. The van der Waals surface area contributed by atoms with Crippen LogP contribution in [0, 0.1) is 45.3 Å². The summed E-state index contributed by atoms with van der Waals surface area (Å²) < 4.78 is 0. The topological polar surface area (TPSA) is 198 Å². The van der Waals surface area contributed by atoms with Gasteiger partial charge in [-0.25, -0.2) is 19.9 Å². The molecule has 0 bridgehead atoms. The van der Waals surface area contributed by atoms with Crippen molar-refractivity contribution >= 4 is 98.9 Å². The molecule has 0 unspecified atom stereocenters. The lowest BCUT2D eigenvalue weighted by Gasteiger charge is -2.13. The van der Waals surface area contributed by atoms with E-state index in [2.05, 4.69) is 19.9 Å². The highest BCUT2D eigenvalue weighted by Gasteiger charge is 2.23. The summed E-state index contributed by atoms with van der Waals surface area (Å²) >= 11 is 0. The lowest BCUT2D eigenvalue weighted by Crippen LogP contribution is -2.23. The van der Waals surface area contributed by atoms with E-state index < -0.39 is 0 Å². The molecule has 0 saturated carbocycles. The number of aromatic nitrogens is 8. The number of nitriles is 4. The first kappa shape index (κ1) is 26.6. The van der Waals surface area contributed by atoms with Crippen molar-refractivity contribution in [3.05, 3.63) is 83.8 Å². The standard InChI is InChI=1S/C36H12N12/c37-13-17(14-38)23-33-34(46-30-20-6-2-10-42-26(20)25-19(29(30)45-33)5-1-9-41-25)24(18(15-39)16-40)36-35(23)47-31-21-7-3-11-43-27(21)28-22(32(31)48-36)8-4-12-44-28/h1-12H. The van der Waals surface area contributed by atoms with Crippen molar-refractivity contribution in [1.82, 2.24) is 39.9 Å². The van der Waals surface area contributed by atoms with Crippen LogP contribution in [0.4, 0.5) is 0 Å². The van der Waals surface area contributed by atoms with E-state index in [0.29, 0.717) is 65.7 Å². The third-order valence-corrected chi connectivity index (χ3v) is 8.39. The summed E-state index contributed by atoms with van der Waals surface area (Å²) in [7, 11) is 0. The molecule has 0 amide bonds. The van der Waals surface area contributed by atoms with Crippen molar-refractivity contribution in [2.75, 3.05) is 0 Å². The van der Waals surface area contributed by atoms with Gasteiger partial charge in [-0.1, -0.05) is 0 Å². The Bertz CT molecular complexity index is 2850. The SMILES string of the molecule is N#CC(C#N)=c1c2nc3c4cccnc4c4ncccc4c3nc2c(=C(C#N)C#N)c2nc3c4cccnc4c4ncccc4c3nc12. The Balaban J connectivity index is 1.68. The van der Waals surface area contributed by atoms with Crippen molar-refractivity contribution in [3.63, 3.8) is 0 Å². The van der Waals surface area contributed by atoms with E-state index in [-0.39, 0.29) is 43.7 Å². The van der Waals surface area contributed by atoms with Crippen molar-refractivity contribution in [2.45, 2.75) is 0 Å². The fraction of sp³-hybridized carbons (Fsp3) is 0. The summed E-state index contributed by atoms with van der Waals surface area (Å²) in [5, 5.41) is 43.8. The molecule has 12 nitrogen and oxygen atoms in total. The van der Waals surface area contributed by atoms with Crippen LogP contribution in [0.25, 0.3) is 98.9 Å². The van der Waals surface area contributed by atoms with Gasteiger partial charge in [0.2, 0.25) is 0 Å². The molecule has 0 saturated heterocycles. The minimum atomic E-state index is -0.288. The van der Waals surface area contributed by atoms with Crippen LogP contribution in [0.5, 0.6) is 0 Å². The van der Waals surface area contributed by atoms with Crippen LogP contribution in [0.15, 0.2) is 73.3 Å². The molecule has 9 aromatic rings. The number of pyridine rings is 4. The van der Waals surface area contributed by atoms with E-state index in [1.54, 1.807) is 49.1 Å². The quantitative estimate of drug-likeness (QED) is 0.172. The average molecular weight is 613 g/mol. The largest absolute Gasteiger partial charge is 0.254 e. The zero-order valence-electron chi connectivity index (χ0n) is 24.3. The van der Waals surface area contributed by atoms with E-state index >= 15 is 0 Å². The third kappa shape index (κ3) is 3.43. The molecule has 0 aliphatic heterocycles. The molecule has 0 spiro atoms. The second-order valence-electron chi connectivity index (χ2n) is 10.8. The zero-order valence-corrected chi connectivity index (χ0v) is 24.3. The van der Waals surface area contributed by atoms with Crippen LogP contribution < -0.4 is 10.4 Å². The van der Waals surface area contributed by atoms with Crippen molar-refractivity contribution in [3.8, 4) is 24.3 Å². The second-order valence-corrected chi connectivity index (χ2v) is 10.8. The molecule has 48 heavy (non-hydrogen) atoms. The number of fused-ring (bicyclic) bond motifs is 14. The van der Waals surface area contributed by atoms with E-state index in [1.807, 2.05) is 48.5 Å². The molecule has 12 heteroatoms. The van der Waals surface area contributed by atoms with Gasteiger partial charge in [-0.05, 0) is 48.5 Å². The first-order valence-electron chi connectivity index (χ1n) is 14.4. The molecule has 0 N–H and O–H groups in total. The molecule has 0 aliphatic rings. The lowest BCUT2D eigenvalue weighted by molar-refractivity contribution is 1.32. The van der Waals surface area contributed by atoms with Crippen LogP contribution in [0.3, 0.4) is 0 Å². The van der Waals surface area contributed by atoms with Crippen LogP contribution in [0.2, 0.25) is 0 Å². The molecule has 216 valence electrons. The van der Waals surface area contributed by atoms with Gasteiger partial charge in [0, 0.05) is 46.3 Å². The van der Waals surface area contributed by atoms with E-state index in [9.17, 15) is 21.0 Å². The fourth-order valence-corrected chi connectivity index (χ4v) is 6.43. The van der Waals surface area contributed by atoms with Gasteiger partial charge >= 0.3 is 0 Å². The Kier molecular flexibility index (Phi) is 5.46. The van der Waals surface area contributed by atoms with Crippen LogP contribution in [-0.2, 0) is 0 Å². The van der Waals surface area contributed by atoms with Gasteiger partial charge in [-0.15, -0.1) is 0 Å². The smallest absolute Gasteiger partial charge is 0.141 e. The summed E-state index contributed by atoms with van der Waals surface area (Å²) in [6, 6.07) is 22.4. The minimum absolute atomic E-state index is 0.0828. The highest BCUT2D eigenvalue weighted by molar-refractivity contribution is 6.23. The number of rotatable bonds is 0. The van der Waals surface area contributed by atoms with Gasteiger partial charge < -0.3 is 0 Å². The zero-order chi connectivity index (χ0) is 32.5. The molecular formula is C36H12N12. The molecule has 9 rings (SSSR count). The molecule has 0 atom stereocenters. The van der Waals surface area contributed by atoms with E-state index in [0.717, 1.165) is 0 Å². The predicted molar refractivity (Wildman–Crippen MR) is 177 cm³/mol. The first-order valence-corrected chi connectivity index (χ1v) is 14.4. The first-order chi connectivity index (χ1) is 23.7. The van der Waals surface area contributed by atoms with Gasteiger partial charge in [0.15, 0.2) is 0 Å². The molecular weight excluding hydrogens is 600 g/mol. The van der Waals surface area contributed by atoms with Crippen molar-refractivity contribution in [1.29, 1.82) is 21.0 Å². The Morgan fingerprint density at radius 3 is 0.833 bits per heavy atom. The number of hydrogen-bond donors (Lipinski definition) is 0. The van der Waals surface area contributed by atoms with Crippen molar-refractivity contribution < 1.29 is 0 Å². The summed E-state index contributed by atoms with van der Waals surface area (Å²) in [5.74, 6) is 0. The number of hydrogen-bond acceptors (Lipinski definition) is 12.